The number of hydrazine groups is 1. The van der Waals surface area contributed by atoms with E-state index in [0.29, 0.717) is 28.5 Å². The Morgan fingerprint density at radius 3 is 2.81 bits per heavy atom. The van der Waals surface area contributed by atoms with E-state index in [2.05, 4.69) is 31.7 Å². The highest BCUT2D eigenvalue weighted by atomic mass is 79.9. The second-order valence-corrected chi connectivity index (χ2v) is 5.60. The molecule has 1 heterocycles. The number of halogens is 2. The molecule has 2 rings (SSSR count). The molecule has 4 N–H and O–H groups in total. The lowest BCUT2D eigenvalue weighted by Gasteiger charge is -2.10. The van der Waals surface area contributed by atoms with E-state index in [0.717, 1.165) is 10.2 Å². The van der Waals surface area contributed by atoms with Gasteiger partial charge in [0.1, 0.15) is 5.82 Å². The van der Waals surface area contributed by atoms with Crippen molar-refractivity contribution in [3.63, 3.8) is 0 Å². The van der Waals surface area contributed by atoms with E-state index in [1.54, 1.807) is 30.3 Å². The fourth-order valence-corrected chi connectivity index (χ4v) is 2.28. The van der Waals surface area contributed by atoms with Crippen LogP contribution in [-0.4, -0.2) is 10.9 Å². The number of benzene rings is 1. The number of anilines is 2. The van der Waals surface area contributed by atoms with Crippen molar-refractivity contribution >= 4 is 44.9 Å². The van der Waals surface area contributed by atoms with Gasteiger partial charge in [0.25, 0.3) is 5.91 Å². The highest BCUT2D eigenvalue weighted by molar-refractivity contribution is 9.10. The summed E-state index contributed by atoms with van der Waals surface area (Å²) in [6.07, 6.45) is 0.705. The number of nitrogen functional groups attached to an aromatic ring is 1. The van der Waals surface area contributed by atoms with Gasteiger partial charge < -0.3 is 10.7 Å². The first-order chi connectivity index (χ1) is 10.0. The number of carbonyl (C=O) groups excluding carboxylic acids is 1. The minimum absolute atomic E-state index is 0.258. The van der Waals surface area contributed by atoms with Crippen molar-refractivity contribution in [3.05, 3.63) is 51.1 Å². The summed E-state index contributed by atoms with van der Waals surface area (Å²) in [6, 6.07) is 8.50. The number of nitrogens with zero attached hydrogens (tertiary/aromatic N) is 1. The summed E-state index contributed by atoms with van der Waals surface area (Å²) < 4.78 is 0.752. The highest BCUT2D eigenvalue weighted by Crippen LogP contribution is 2.26. The first-order valence-electron chi connectivity index (χ1n) is 6.27. The van der Waals surface area contributed by atoms with Crippen LogP contribution in [0.25, 0.3) is 0 Å². The number of amides is 1. The Morgan fingerprint density at radius 2 is 2.14 bits per heavy atom. The van der Waals surface area contributed by atoms with Gasteiger partial charge in [-0.3, -0.25) is 4.79 Å². The molecule has 0 aliphatic heterocycles. The normalized spacial score (nSPS) is 10.3. The van der Waals surface area contributed by atoms with Gasteiger partial charge in [-0.05, 0) is 52.7 Å². The van der Waals surface area contributed by atoms with Crippen molar-refractivity contribution in [1.82, 2.24) is 4.98 Å². The van der Waals surface area contributed by atoms with Crippen LogP contribution in [0.4, 0.5) is 11.5 Å². The molecule has 0 atom stereocenters. The maximum Gasteiger partial charge on any atom is 0.255 e. The number of nitrogens with one attached hydrogen (secondary N) is 2. The number of aromatic nitrogens is 1. The third-order valence-electron chi connectivity index (χ3n) is 2.83. The Balaban J connectivity index is 2.29. The third-order valence-corrected chi connectivity index (χ3v) is 3.75. The summed E-state index contributed by atoms with van der Waals surface area (Å²) in [7, 11) is 0. The molecule has 0 bridgehead atoms. The lowest BCUT2D eigenvalue weighted by atomic mass is 10.1. The summed E-state index contributed by atoms with van der Waals surface area (Å²) in [4.78, 5) is 16.6. The van der Waals surface area contributed by atoms with Crippen LogP contribution in [0.3, 0.4) is 0 Å². The summed E-state index contributed by atoms with van der Waals surface area (Å²) >= 11 is 9.30. The molecule has 7 heteroatoms. The van der Waals surface area contributed by atoms with Gasteiger partial charge >= 0.3 is 0 Å². The van der Waals surface area contributed by atoms with Gasteiger partial charge in [0.05, 0.1) is 5.69 Å². The smallest absolute Gasteiger partial charge is 0.255 e. The molecule has 0 saturated carbocycles. The number of pyridine rings is 1. The molecule has 5 nitrogen and oxygen atoms in total. The molecule has 0 saturated heterocycles. The molecule has 0 spiro atoms. The molecular formula is C14H14BrClN4O. The Hall–Kier alpha value is -1.63. The number of nitrogens with two attached hydrogens (primary N) is 1. The molecule has 0 aliphatic rings. The zero-order valence-electron chi connectivity index (χ0n) is 11.3. The third kappa shape index (κ3) is 3.93. The summed E-state index contributed by atoms with van der Waals surface area (Å²) in [6.45, 7) is 1.96. The van der Waals surface area contributed by atoms with Gasteiger partial charge in [-0.2, -0.15) is 0 Å². The van der Waals surface area contributed by atoms with Gasteiger partial charge in [0.2, 0.25) is 0 Å². The van der Waals surface area contributed by atoms with Crippen LogP contribution in [0.5, 0.6) is 0 Å². The van der Waals surface area contributed by atoms with Crippen molar-refractivity contribution in [3.8, 4) is 0 Å². The Labute approximate surface area is 136 Å². The van der Waals surface area contributed by atoms with Gasteiger partial charge in [0.15, 0.2) is 0 Å². The number of hydrogen-bond donors (Lipinski definition) is 3. The number of hydrogen-bond acceptors (Lipinski definition) is 4. The molecule has 0 aliphatic carbocycles. The molecule has 0 unspecified atom stereocenters. The average Bonchev–Trinajstić information content (AvgIpc) is 2.50. The molecule has 0 radical (unpaired) electrons. The van der Waals surface area contributed by atoms with E-state index in [9.17, 15) is 4.79 Å². The lowest BCUT2D eigenvalue weighted by molar-refractivity contribution is 0.102. The SMILES string of the molecule is CCc1cc(C(=O)Nc2cc(Cl)ccc2Br)cc(NN)n1. The Morgan fingerprint density at radius 1 is 1.38 bits per heavy atom. The Bertz CT molecular complexity index is 656. The summed E-state index contributed by atoms with van der Waals surface area (Å²) in [5, 5.41) is 3.35. The Kier molecular flexibility index (Phi) is 5.17. The maximum absolute atomic E-state index is 12.3. The van der Waals surface area contributed by atoms with Crippen molar-refractivity contribution in [2.75, 3.05) is 10.7 Å². The van der Waals surface area contributed by atoms with Crippen molar-refractivity contribution in [1.29, 1.82) is 0 Å². The fourth-order valence-electron chi connectivity index (χ4n) is 1.76. The topological polar surface area (TPSA) is 80.0 Å². The van der Waals surface area contributed by atoms with Gasteiger partial charge in [0, 0.05) is 20.8 Å². The molecule has 1 amide bonds. The van der Waals surface area contributed by atoms with Gasteiger partial charge in [-0.1, -0.05) is 18.5 Å². The lowest BCUT2D eigenvalue weighted by Crippen LogP contribution is -2.15. The molecule has 2 aromatic rings. The number of aryl methyl sites for hydroxylation is 1. The maximum atomic E-state index is 12.3. The zero-order chi connectivity index (χ0) is 15.4. The van der Waals surface area contributed by atoms with Crippen LogP contribution in [0.2, 0.25) is 5.02 Å². The van der Waals surface area contributed by atoms with E-state index >= 15 is 0 Å². The van der Waals surface area contributed by atoms with E-state index in [1.807, 2.05) is 6.92 Å². The number of rotatable bonds is 4. The van der Waals surface area contributed by atoms with E-state index in [4.69, 9.17) is 17.4 Å². The van der Waals surface area contributed by atoms with E-state index < -0.39 is 0 Å². The largest absolute Gasteiger partial charge is 0.321 e. The fraction of sp³-hybridized carbons (Fsp3) is 0.143. The molecular weight excluding hydrogens is 356 g/mol. The molecule has 1 aromatic heterocycles. The van der Waals surface area contributed by atoms with Gasteiger partial charge in [-0.25, -0.2) is 10.8 Å². The quantitative estimate of drug-likeness (QED) is 0.568. The highest BCUT2D eigenvalue weighted by Gasteiger charge is 2.11. The number of carbonyl (C=O) groups is 1. The van der Waals surface area contributed by atoms with Crippen molar-refractivity contribution in [2.45, 2.75) is 13.3 Å². The van der Waals surface area contributed by atoms with Gasteiger partial charge in [-0.15, -0.1) is 0 Å². The van der Waals surface area contributed by atoms with Crippen LogP contribution in [-0.2, 0) is 6.42 Å². The van der Waals surface area contributed by atoms with Crippen molar-refractivity contribution in [2.24, 2.45) is 5.84 Å². The second kappa shape index (κ2) is 6.89. The predicted octanol–water partition coefficient (Wildman–Crippen LogP) is 3.60. The molecule has 1 aromatic carbocycles. The second-order valence-electron chi connectivity index (χ2n) is 4.31. The molecule has 0 fully saturated rings. The first-order valence-corrected chi connectivity index (χ1v) is 7.44. The van der Waals surface area contributed by atoms with Crippen LogP contribution >= 0.6 is 27.5 Å². The minimum Gasteiger partial charge on any atom is -0.321 e. The average molecular weight is 370 g/mol. The summed E-state index contributed by atoms with van der Waals surface area (Å²) in [5.41, 5.74) is 4.31. The summed E-state index contributed by atoms with van der Waals surface area (Å²) in [5.74, 6) is 5.56. The first kappa shape index (κ1) is 15.8. The molecule has 21 heavy (non-hydrogen) atoms. The van der Waals surface area contributed by atoms with Crippen molar-refractivity contribution < 1.29 is 4.79 Å². The molecule has 110 valence electrons. The standard InChI is InChI=1S/C14H14BrClN4O/c1-2-10-5-8(6-13(18-10)20-17)14(21)19-12-7-9(16)3-4-11(12)15/h3-7H,2,17H2,1H3,(H,18,20)(H,19,21). The predicted molar refractivity (Wildman–Crippen MR) is 88.5 cm³/mol. The minimum atomic E-state index is -0.258. The van der Waals surface area contributed by atoms with E-state index in [1.165, 1.54) is 0 Å². The zero-order valence-corrected chi connectivity index (χ0v) is 13.6. The van der Waals surface area contributed by atoms with Crippen LogP contribution in [0.1, 0.15) is 23.0 Å². The van der Waals surface area contributed by atoms with Crippen LogP contribution in [0.15, 0.2) is 34.8 Å². The van der Waals surface area contributed by atoms with E-state index in [-0.39, 0.29) is 5.91 Å². The van der Waals surface area contributed by atoms with Crippen LogP contribution < -0.4 is 16.6 Å². The van der Waals surface area contributed by atoms with Crippen LogP contribution in [0, 0.1) is 0 Å². The monoisotopic (exact) mass is 368 g/mol.